The van der Waals surface area contributed by atoms with E-state index in [0.717, 1.165) is 5.56 Å². The molecule has 0 unspecified atom stereocenters. The summed E-state index contributed by atoms with van der Waals surface area (Å²) in [5.41, 5.74) is 4.52. The van der Waals surface area contributed by atoms with E-state index in [4.69, 9.17) is 35.4 Å². The normalized spacial score (nSPS) is 10.6. The minimum absolute atomic E-state index is 0.429. The van der Waals surface area contributed by atoms with Gasteiger partial charge in [0.15, 0.2) is 5.11 Å². The molecule has 0 aliphatic heterocycles. The van der Waals surface area contributed by atoms with Gasteiger partial charge in [-0.3, -0.25) is 5.43 Å². The molecule has 0 aliphatic rings. The van der Waals surface area contributed by atoms with Crippen LogP contribution in [-0.4, -0.2) is 11.3 Å². The first-order chi connectivity index (χ1) is 10.2. The Morgan fingerprint density at radius 1 is 1.05 bits per heavy atom. The summed E-state index contributed by atoms with van der Waals surface area (Å²) in [7, 11) is 0. The van der Waals surface area contributed by atoms with Gasteiger partial charge >= 0.3 is 0 Å². The largest absolute Gasteiger partial charge is 0.357 e. The number of halogens is 2. The molecular formula is C15H13Cl2N3S. The SMILES string of the molecule is S=C(NCc1ccccc1)NN=Cc1c(Cl)cccc1Cl. The summed E-state index contributed by atoms with van der Waals surface area (Å²) in [6.45, 7) is 0.634. The van der Waals surface area contributed by atoms with Gasteiger partial charge in [-0.2, -0.15) is 5.10 Å². The standard InChI is InChI=1S/C15H13Cl2N3S/c16-13-7-4-8-14(17)12(13)10-19-20-15(21)18-9-11-5-2-1-3-6-11/h1-8,10H,9H2,(H2,18,20,21). The third-order valence-electron chi connectivity index (χ3n) is 2.66. The van der Waals surface area contributed by atoms with Gasteiger partial charge in [-0.15, -0.1) is 0 Å². The van der Waals surface area contributed by atoms with E-state index in [1.165, 1.54) is 0 Å². The Hall–Kier alpha value is -1.62. The number of nitrogens with zero attached hydrogens (tertiary/aromatic N) is 1. The van der Waals surface area contributed by atoms with Crippen LogP contribution in [0.5, 0.6) is 0 Å². The lowest BCUT2D eigenvalue weighted by Crippen LogP contribution is -2.31. The van der Waals surface area contributed by atoms with Gasteiger partial charge in [0, 0.05) is 12.1 Å². The van der Waals surface area contributed by atoms with E-state index in [2.05, 4.69) is 15.8 Å². The molecule has 0 spiro atoms. The van der Waals surface area contributed by atoms with Gasteiger partial charge in [-0.1, -0.05) is 59.6 Å². The van der Waals surface area contributed by atoms with Crippen molar-refractivity contribution in [1.82, 2.24) is 10.7 Å². The van der Waals surface area contributed by atoms with Gasteiger partial charge in [-0.25, -0.2) is 0 Å². The van der Waals surface area contributed by atoms with Gasteiger partial charge in [0.2, 0.25) is 0 Å². The molecule has 0 radical (unpaired) electrons. The number of thiocarbonyl (C=S) groups is 1. The zero-order chi connectivity index (χ0) is 15.1. The highest BCUT2D eigenvalue weighted by Gasteiger charge is 2.02. The number of nitrogens with one attached hydrogen (secondary N) is 2. The molecule has 6 heteroatoms. The summed E-state index contributed by atoms with van der Waals surface area (Å²) in [6, 6.07) is 15.2. The molecule has 2 aromatic rings. The van der Waals surface area contributed by atoms with Gasteiger partial charge < -0.3 is 5.32 Å². The first-order valence-electron chi connectivity index (χ1n) is 6.21. The molecular weight excluding hydrogens is 325 g/mol. The van der Waals surface area contributed by atoms with Gasteiger partial charge in [0.25, 0.3) is 0 Å². The topological polar surface area (TPSA) is 36.4 Å². The Morgan fingerprint density at radius 2 is 1.71 bits per heavy atom. The molecule has 0 saturated heterocycles. The number of benzene rings is 2. The van der Waals surface area contributed by atoms with Crippen LogP contribution in [0.15, 0.2) is 53.6 Å². The predicted octanol–water partition coefficient (Wildman–Crippen LogP) is 3.99. The van der Waals surface area contributed by atoms with E-state index in [9.17, 15) is 0 Å². The van der Waals surface area contributed by atoms with Crippen molar-refractivity contribution in [3.05, 3.63) is 69.7 Å². The minimum atomic E-state index is 0.429. The summed E-state index contributed by atoms with van der Waals surface area (Å²) >= 11 is 17.2. The Kier molecular flexibility index (Phi) is 5.99. The summed E-state index contributed by atoms with van der Waals surface area (Å²) < 4.78 is 0. The third kappa shape index (κ3) is 5.01. The van der Waals surface area contributed by atoms with Crippen molar-refractivity contribution in [1.29, 1.82) is 0 Å². The van der Waals surface area contributed by atoms with Crippen LogP contribution in [0.4, 0.5) is 0 Å². The van der Waals surface area contributed by atoms with Crippen LogP contribution >= 0.6 is 35.4 Å². The fraction of sp³-hybridized carbons (Fsp3) is 0.0667. The molecule has 2 aromatic carbocycles. The van der Waals surface area contributed by atoms with E-state index in [-0.39, 0.29) is 0 Å². The fourth-order valence-corrected chi connectivity index (χ4v) is 2.23. The summed E-state index contributed by atoms with van der Waals surface area (Å²) in [5, 5.41) is 8.59. The molecule has 2 rings (SSSR count). The van der Waals surface area contributed by atoms with Crippen molar-refractivity contribution in [3.63, 3.8) is 0 Å². The van der Waals surface area contributed by atoms with Gasteiger partial charge in [0.05, 0.1) is 16.3 Å². The predicted molar refractivity (Wildman–Crippen MR) is 93.1 cm³/mol. The van der Waals surface area contributed by atoms with Gasteiger partial charge in [-0.05, 0) is 29.9 Å². The van der Waals surface area contributed by atoms with Crippen molar-refractivity contribution < 1.29 is 0 Å². The van der Waals surface area contributed by atoms with E-state index in [1.807, 2.05) is 30.3 Å². The second kappa shape index (κ2) is 7.98. The van der Waals surface area contributed by atoms with Crippen LogP contribution in [0.3, 0.4) is 0 Å². The highest BCUT2D eigenvalue weighted by Crippen LogP contribution is 2.21. The van der Waals surface area contributed by atoms with Crippen LogP contribution < -0.4 is 10.7 Å². The average Bonchev–Trinajstić information content (AvgIpc) is 2.49. The molecule has 21 heavy (non-hydrogen) atoms. The highest BCUT2D eigenvalue weighted by molar-refractivity contribution is 7.80. The maximum Gasteiger partial charge on any atom is 0.187 e. The van der Waals surface area contributed by atoms with E-state index >= 15 is 0 Å². The number of hydrogen-bond donors (Lipinski definition) is 2. The molecule has 0 aromatic heterocycles. The maximum absolute atomic E-state index is 6.03. The van der Waals surface area contributed by atoms with E-state index in [0.29, 0.717) is 27.3 Å². The molecule has 3 nitrogen and oxygen atoms in total. The molecule has 0 fully saturated rings. The molecule has 0 bridgehead atoms. The van der Waals surface area contributed by atoms with Crippen LogP contribution in [0.1, 0.15) is 11.1 Å². The van der Waals surface area contributed by atoms with Crippen molar-refractivity contribution >= 4 is 46.7 Å². The van der Waals surface area contributed by atoms with Crippen LogP contribution in [0, 0.1) is 0 Å². The number of rotatable bonds is 4. The lowest BCUT2D eigenvalue weighted by atomic mass is 10.2. The Balaban J connectivity index is 1.85. The van der Waals surface area contributed by atoms with Crippen molar-refractivity contribution in [2.24, 2.45) is 5.10 Å². The molecule has 0 heterocycles. The van der Waals surface area contributed by atoms with E-state index in [1.54, 1.807) is 24.4 Å². The molecule has 0 amide bonds. The molecule has 0 atom stereocenters. The quantitative estimate of drug-likeness (QED) is 0.503. The zero-order valence-corrected chi connectivity index (χ0v) is 13.3. The Labute approximate surface area is 139 Å². The Morgan fingerprint density at radius 3 is 2.38 bits per heavy atom. The molecule has 0 aliphatic carbocycles. The lowest BCUT2D eigenvalue weighted by Gasteiger charge is -2.07. The van der Waals surface area contributed by atoms with Crippen molar-refractivity contribution in [2.45, 2.75) is 6.54 Å². The summed E-state index contributed by atoms with van der Waals surface area (Å²) in [5.74, 6) is 0. The smallest absolute Gasteiger partial charge is 0.187 e. The minimum Gasteiger partial charge on any atom is -0.357 e. The number of hydrazone groups is 1. The lowest BCUT2D eigenvalue weighted by molar-refractivity contribution is 0.869. The summed E-state index contributed by atoms with van der Waals surface area (Å²) in [6.07, 6.45) is 1.54. The van der Waals surface area contributed by atoms with Crippen LogP contribution in [0.2, 0.25) is 10.0 Å². The van der Waals surface area contributed by atoms with Crippen molar-refractivity contribution in [3.8, 4) is 0 Å². The van der Waals surface area contributed by atoms with E-state index < -0.39 is 0 Å². The molecule has 0 saturated carbocycles. The molecule has 2 N–H and O–H groups in total. The Bertz CT molecular complexity index is 624. The maximum atomic E-state index is 6.03. The average molecular weight is 338 g/mol. The number of hydrogen-bond acceptors (Lipinski definition) is 2. The zero-order valence-electron chi connectivity index (χ0n) is 11.0. The monoisotopic (exact) mass is 337 g/mol. The van der Waals surface area contributed by atoms with Crippen LogP contribution in [-0.2, 0) is 6.54 Å². The second-order valence-electron chi connectivity index (χ2n) is 4.17. The highest BCUT2D eigenvalue weighted by atomic mass is 35.5. The first-order valence-corrected chi connectivity index (χ1v) is 7.38. The summed E-state index contributed by atoms with van der Waals surface area (Å²) in [4.78, 5) is 0. The van der Waals surface area contributed by atoms with Crippen LogP contribution in [0.25, 0.3) is 0 Å². The van der Waals surface area contributed by atoms with Crippen molar-refractivity contribution in [2.75, 3.05) is 0 Å². The first kappa shape index (κ1) is 15.8. The third-order valence-corrected chi connectivity index (χ3v) is 3.55. The fourth-order valence-electron chi connectivity index (χ4n) is 1.61. The second-order valence-corrected chi connectivity index (χ2v) is 5.40. The molecule has 108 valence electrons. The van der Waals surface area contributed by atoms with Gasteiger partial charge in [0.1, 0.15) is 0 Å².